The van der Waals surface area contributed by atoms with Crippen molar-refractivity contribution in [1.29, 1.82) is 0 Å². The molecule has 8 nitrogen and oxygen atoms in total. The van der Waals surface area contributed by atoms with E-state index in [4.69, 9.17) is 21.1 Å². The summed E-state index contributed by atoms with van der Waals surface area (Å²) in [5.41, 5.74) is 0.567. The minimum Gasteiger partial charge on any atom is -0.438 e. The molecule has 168 valence electrons. The lowest BCUT2D eigenvalue weighted by atomic mass is 10.2. The van der Waals surface area contributed by atoms with Crippen molar-refractivity contribution in [3.05, 3.63) is 64.6 Å². The van der Waals surface area contributed by atoms with Gasteiger partial charge in [0, 0.05) is 25.4 Å². The molecular formula is C21H20ClN3O5S2. The zero-order valence-corrected chi connectivity index (χ0v) is 19.2. The summed E-state index contributed by atoms with van der Waals surface area (Å²) in [6.45, 7) is 1.12. The van der Waals surface area contributed by atoms with E-state index in [2.05, 4.69) is 15.0 Å². The van der Waals surface area contributed by atoms with Crippen LogP contribution in [0.25, 0.3) is 0 Å². The number of carbonyl (C=O) groups excluding carboxylic acids is 1. The summed E-state index contributed by atoms with van der Waals surface area (Å²) in [4.78, 5) is 16.8. The Bertz CT molecular complexity index is 1210. The van der Waals surface area contributed by atoms with Crippen molar-refractivity contribution >= 4 is 44.6 Å². The molecule has 4 rings (SSSR count). The Hall–Kier alpha value is -2.66. The molecule has 1 fully saturated rings. The number of thiophene rings is 1. The van der Waals surface area contributed by atoms with E-state index in [0.29, 0.717) is 28.9 Å². The second kappa shape index (κ2) is 9.86. The number of aromatic nitrogens is 1. The van der Waals surface area contributed by atoms with Crippen molar-refractivity contribution < 1.29 is 22.7 Å². The Morgan fingerprint density at radius 1 is 1.25 bits per heavy atom. The Morgan fingerprint density at radius 2 is 2.12 bits per heavy atom. The Labute approximate surface area is 194 Å². The third kappa shape index (κ3) is 5.57. The second-order valence-corrected chi connectivity index (χ2v) is 10.6. The number of rotatable bonds is 8. The standard InChI is InChI=1S/C21H20ClN3O5S2/c22-18-8-9-19(31-18)32(27,28)25-14-4-1-5-15(12-14)30-21-17(7-2-10-23-21)20(26)24-13-16-6-3-11-29-16/h1-2,4-5,7-10,12,16,25H,3,6,11,13H2,(H,24,26). The number of hydrogen-bond donors (Lipinski definition) is 2. The van der Waals surface area contributed by atoms with E-state index in [9.17, 15) is 13.2 Å². The average molecular weight is 494 g/mol. The summed E-state index contributed by atoms with van der Waals surface area (Å²) in [5, 5.41) is 2.84. The van der Waals surface area contributed by atoms with Crippen molar-refractivity contribution in [1.82, 2.24) is 10.3 Å². The van der Waals surface area contributed by atoms with Crippen molar-refractivity contribution in [2.45, 2.75) is 23.2 Å². The molecule has 2 N–H and O–H groups in total. The molecule has 32 heavy (non-hydrogen) atoms. The summed E-state index contributed by atoms with van der Waals surface area (Å²) in [6, 6.07) is 12.6. The van der Waals surface area contributed by atoms with E-state index in [1.165, 1.54) is 24.4 Å². The minimum absolute atomic E-state index is 0.0166. The highest BCUT2D eigenvalue weighted by atomic mass is 35.5. The zero-order valence-electron chi connectivity index (χ0n) is 16.8. The molecule has 0 bridgehead atoms. The van der Waals surface area contributed by atoms with E-state index in [1.54, 1.807) is 30.3 Å². The quantitative estimate of drug-likeness (QED) is 0.484. The summed E-state index contributed by atoms with van der Waals surface area (Å²) >= 11 is 6.80. The first kappa shape index (κ1) is 22.5. The van der Waals surface area contributed by atoms with Crippen molar-refractivity contribution in [2.75, 3.05) is 17.9 Å². The monoisotopic (exact) mass is 493 g/mol. The van der Waals surface area contributed by atoms with Gasteiger partial charge in [-0.05, 0) is 49.2 Å². The number of amides is 1. The fourth-order valence-electron chi connectivity index (χ4n) is 3.13. The number of nitrogens with one attached hydrogen (secondary N) is 2. The minimum atomic E-state index is -3.78. The zero-order chi connectivity index (χ0) is 22.6. The smallest absolute Gasteiger partial charge is 0.271 e. The maximum atomic E-state index is 12.6. The number of pyridine rings is 1. The Balaban J connectivity index is 1.47. The molecule has 1 aliphatic heterocycles. The van der Waals surface area contributed by atoms with Crippen LogP contribution in [0.4, 0.5) is 5.69 Å². The average Bonchev–Trinajstić information content (AvgIpc) is 3.44. The predicted molar refractivity (Wildman–Crippen MR) is 122 cm³/mol. The van der Waals surface area contributed by atoms with Gasteiger partial charge in [0.15, 0.2) is 0 Å². The Morgan fingerprint density at radius 3 is 2.88 bits per heavy atom. The van der Waals surface area contributed by atoms with Crippen LogP contribution in [0.5, 0.6) is 11.6 Å². The van der Waals surface area contributed by atoms with Gasteiger partial charge in [-0.15, -0.1) is 11.3 Å². The summed E-state index contributed by atoms with van der Waals surface area (Å²) in [6.07, 6.45) is 3.43. The van der Waals surface area contributed by atoms with Crippen LogP contribution in [0.3, 0.4) is 0 Å². The van der Waals surface area contributed by atoms with Gasteiger partial charge in [-0.1, -0.05) is 17.7 Å². The molecule has 0 saturated carbocycles. The first-order valence-electron chi connectivity index (χ1n) is 9.81. The van der Waals surface area contributed by atoms with Crippen LogP contribution in [0.2, 0.25) is 4.34 Å². The maximum absolute atomic E-state index is 12.6. The van der Waals surface area contributed by atoms with E-state index < -0.39 is 10.0 Å². The molecule has 2 aromatic heterocycles. The largest absolute Gasteiger partial charge is 0.438 e. The van der Waals surface area contributed by atoms with Gasteiger partial charge in [-0.25, -0.2) is 13.4 Å². The van der Waals surface area contributed by atoms with Gasteiger partial charge in [0.05, 0.1) is 16.1 Å². The molecule has 0 spiro atoms. The highest BCUT2D eigenvalue weighted by Gasteiger charge is 2.20. The number of anilines is 1. The molecule has 1 aliphatic rings. The molecule has 1 saturated heterocycles. The van der Waals surface area contributed by atoms with Gasteiger partial charge < -0.3 is 14.8 Å². The van der Waals surface area contributed by atoms with Crippen LogP contribution >= 0.6 is 22.9 Å². The lowest BCUT2D eigenvalue weighted by Crippen LogP contribution is -2.32. The number of nitrogens with zero attached hydrogens (tertiary/aromatic N) is 1. The van der Waals surface area contributed by atoms with E-state index in [1.807, 2.05) is 0 Å². The first-order chi connectivity index (χ1) is 15.4. The number of benzene rings is 1. The number of carbonyl (C=O) groups is 1. The van der Waals surface area contributed by atoms with Gasteiger partial charge in [-0.2, -0.15) is 0 Å². The SMILES string of the molecule is O=C(NCC1CCCO1)c1cccnc1Oc1cccc(NS(=O)(=O)c2ccc(Cl)s2)c1. The van der Waals surface area contributed by atoms with Crippen LogP contribution in [0.15, 0.2) is 58.9 Å². The molecule has 0 radical (unpaired) electrons. The molecule has 1 amide bonds. The van der Waals surface area contributed by atoms with Gasteiger partial charge >= 0.3 is 0 Å². The molecule has 3 heterocycles. The number of ether oxygens (including phenoxy) is 2. The lowest BCUT2D eigenvalue weighted by molar-refractivity contribution is 0.0855. The molecule has 1 aromatic carbocycles. The van der Waals surface area contributed by atoms with E-state index in [-0.39, 0.29) is 27.7 Å². The summed E-state index contributed by atoms with van der Waals surface area (Å²) in [7, 11) is -3.78. The van der Waals surface area contributed by atoms with Gasteiger partial charge in [0.25, 0.3) is 15.9 Å². The summed E-state index contributed by atoms with van der Waals surface area (Å²) in [5.74, 6) is 0.110. The fraction of sp³-hybridized carbons (Fsp3) is 0.238. The molecular weight excluding hydrogens is 474 g/mol. The van der Waals surface area contributed by atoms with E-state index >= 15 is 0 Å². The van der Waals surface area contributed by atoms with Crippen molar-refractivity contribution in [2.24, 2.45) is 0 Å². The third-order valence-electron chi connectivity index (χ3n) is 4.64. The predicted octanol–water partition coefficient (Wildman–Crippen LogP) is 4.30. The van der Waals surface area contributed by atoms with Crippen LogP contribution < -0.4 is 14.8 Å². The number of hydrogen-bond acceptors (Lipinski definition) is 7. The molecule has 1 atom stereocenters. The highest BCUT2D eigenvalue weighted by Crippen LogP contribution is 2.29. The highest BCUT2D eigenvalue weighted by molar-refractivity contribution is 7.94. The molecule has 0 aliphatic carbocycles. The molecule has 3 aromatic rings. The first-order valence-corrected chi connectivity index (χ1v) is 12.5. The number of halogens is 1. The summed E-state index contributed by atoms with van der Waals surface area (Å²) < 4.78 is 39.4. The van der Waals surface area contributed by atoms with Crippen LogP contribution in [-0.4, -0.2) is 38.6 Å². The number of sulfonamides is 1. The third-order valence-corrected chi connectivity index (χ3v) is 7.75. The van der Waals surface area contributed by atoms with E-state index in [0.717, 1.165) is 24.2 Å². The fourth-order valence-corrected chi connectivity index (χ4v) is 5.67. The van der Waals surface area contributed by atoms with Gasteiger partial charge in [-0.3, -0.25) is 9.52 Å². The van der Waals surface area contributed by atoms with Crippen LogP contribution in [-0.2, 0) is 14.8 Å². The molecule has 1 unspecified atom stereocenters. The van der Waals surface area contributed by atoms with Crippen molar-refractivity contribution in [3.63, 3.8) is 0 Å². The van der Waals surface area contributed by atoms with Crippen LogP contribution in [0.1, 0.15) is 23.2 Å². The van der Waals surface area contributed by atoms with Gasteiger partial charge in [0.2, 0.25) is 5.88 Å². The second-order valence-electron chi connectivity index (χ2n) is 7.00. The van der Waals surface area contributed by atoms with Crippen LogP contribution in [0, 0.1) is 0 Å². The normalized spacial score (nSPS) is 16.0. The van der Waals surface area contributed by atoms with Gasteiger partial charge in [0.1, 0.15) is 15.5 Å². The lowest BCUT2D eigenvalue weighted by Gasteiger charge is -2.13. The maximum Gasteiger partial charge on any atom is 0.271 e. The van der Waals surface area contributed by atoms with Crippen molar-refractivity contribution in [3.8, 4) is 11.6 Å². The topological polar surface area (TPSA) is 107 Å². The molecule has 11 heteroatoms. The Kier molecular flexibility index (Phi) is 6.95.